The van der Waals surface area contributed by atoms with E-state index in [2.05, 4.69) is 11.6 Å². The predicted molar refractivity (Wildman–Crippen MR) is 80.1 cm³/mol. The zero-order valence-electron chi connectivity index (χ0n) is 12.8. The molecule has 1 aliphatic rings. The van der Waals surface area contributed by atoms with Gasteiger partial charge in [-0.15, -0.1) is 0 Å². The molecule has 1 atom stereocenters. The molecule has 0 aromatic carbocycles. The highest BCUT2D eigenvalue weighted by Crippen LogP contribution is 2.10. The minimum atomic E-state index is -3.23. The Balaban J connectivity index is 2.18. The SMILES string of the molecule is CCCCCCC(C)NS(=O)(=O)CCC1OCCCO1. The lowest BCUT2D eigenvalue weighted by Gasteiger charge is -2.23. The first-order valence-electron chi connectivity index (χ1n) is 7.76. The molecule has 1 aliphatic heterocycles. The van der Waals surface area contributed by atoms with E-state index in [0.29, 0.717) is 19.6 Å². The number of hydrogen-bond donors (Lipinski definition) is 1. The van der Waals surface area contributed by atoms with Gasteiger partial charge < -0.3 is 9.47 Å². The van der Waals surface area contributed by atoms with Crippen molar-refractivity contribution in [3.63, 3.8) is 0 Å². The van der Waals surface area contributed by atoms with Crippen molar-refractivity contribution >= 4 is 10.0 Å². The Labute approximate surface area is 123 Å². The molecule has 0 bridgehead atoms. The Morgan fingerprint density at radius 2 is 1.90 bits per heavy atom. The molecule has 1 heterocycles. The lowest BCUT2D eigenvalue weighted by Crippen LogP contribution is -2.36. The van der Waals surface area contributed by atoms with Gasteiger partial charge in [-0.1, -0.05) is 32.6 Å². The predicted octanol–water partition coefficient (Wildman–Crippen LogP) is 2.42. The third-order valence-corrected chi connectivity index (χ3v) is 4.92. The highest BCUT2D eigenvalue weighted by molar-refractivity contribution is 7.89. The van der Waals surface area contributed by atoms with E-state index < -0.39 is 10.0 Å². The number of ether oxygens (including phenoxy) is 2. The van der Waals surface area contributed by atoms with Crippen molar-refractivity contribution in [3.8, 4) is 0 Å². The maximum absolute atomic E-state index is 12.0. The number of nitrogens with one attached hydrogen (secondary N) is 1. The second-order valence-electron chi connectivity index (χ2n) is 5.50. The van der Waals surface area contributed by atoms with Gasteiger partial charge in [-0.05, 0) is 19.8 Å². The topological polar surface area (TPSA) is 64.6 Å². The van der Waals surface area contributed by atoms with Crippen LogP contribution < -0.4 is 4.72 Å². The summed E-state index contributed by atoms with van der Waals surface area (Å²) in [7, 11) is -3.23. The molecule has 5 nitrogen and oxygen atoms in total. The Morgan fingerprint density at radius 1 is 1.20 bits per heavy atom. The monoisotopic (exact) mass is 307 g/mol. The Morgan fingerprint density at radius 3 is 2.55 bits per heavy atom. The molecular formula is C14H29NO4S. The smallest absolute Gasteiger partial charge is 0.212 e. The number of sulfonamides is 1. The van der Waals surface area contributed by atoms with Gasteiger partial charge in [0, 0.05) is 12.5 Å². The van der Waals surface area contributed by atoms with Crippen LogP contribution in [-0.4, -0.2) is 39.7 Å². The summed E-state index contributed by atoms with van der Waals surface area (Å²) in [5, 5.41) is 0. The third-order valence-electron chi connectivity index (χ3n) is 3.39. The minimum Gasteiger partial charge on any atom is -0.353 e. The van der Waals surface area contributed by atoms with Crippen LogP contribution in [0.3, 0.4) is 0 Å². The Bertz CT molecular complexity index is 339. The van der Waals surface area contributed by atoms with Crippen LogP contribution in [-0.2, 0) is 19.5 Å². The number of unbranched alkanes of at least 4 members (excludes halogenated alkanes) is 3. The standard InChI is InChI=1S/C14H29NO4S/c1-3-4-5-6-8-13(2)15-20(16,17)12-9-14-18-10-7-11-19-14/h13-15H,3-12H2,1-2H3. The molecule has 1 rings (SSSR count). The van der Waals surface area contributed by atoms with Crippen LogP contribution in [0.25, 0.3) is 0 Å². The molecule has 0 aromatic rings. The average molecular weight is 307 g/mol. The molecule has 0 aromatic heterocycles. The summed E-state index contributed by atoms with van der Waals surface area (Å²) >= 11 is 0. The van der Waals surface area contributed by atoms with Crippen LogP contribution in [0.5, 0.6) is 0 Å². The first-order chi connectivity index (χ1) is 9.53. The van der Waals surface area contributed by atoms with Crippen molar-refractivity contribution in [2.45, 2.75) is 71.1 Å². The zero-order chi connectivity index (χ0) is 14.8. The molecule has 20 heavy (non-hydrogen) atoms. The minimum absolute atomic E-state index is 0.00467. The van der Waals surface area contributed by atoms with Gasteiger partial charge in [-0.3, -0.25) is 0 Å². The molecule has 6 heteroatoms. The van der Waals surface area contributed by atoms with E-state index in [-0.39, 0.29) is 18.1 Å². The molecule has 1 saturated heterocycles. The third kappa shape index (κ3) is 8.19. The van der Waals surface area contributed by atoms with E-state index in [9.17, 15) is 8.42 Å². The van der Waals surface area contributed by atoms with Crippen molar-refractivity contribution < 1.29 is 17.9 Å². The quantitative estimate of drug-likeness (QED) is 0.630. The fourth-order valence-corrected chi connectivity index (χ4v) is 3.61. The first kappa shape index (κ1) is 17.9. The molecule has 120 valence electrons. The molecular weight excluding hydrogens is 278 g/mol. The van der Waals surface area contributed by atoms with Crippen LogP contribution in [0.15, 0.2) is 0 Å². The normalized spacial score (nSPS) is 19.1. The van der Waals surface area contributed by atoms with Gasteiger partial charge in [0.1, 0.15) is 0 Å². The molecule has 1 fully saturated rings. The van der Waals surface area contributed by atoms with Crippen LogP contribution in [0.4, 0.5) is 0 Å². The van der Waals surface area contributed by atoms with Gasteiger partial charge >= 0.3 is 0 Å². The van der Waals surface area contributed by atoms with Crippen LogP contribution in [0.2, 0.25) is 0 Å². The average Bonchev–Trinajstić information content (AvgIpc) is 2.42. The lowest BCUT2D eigenvalue weighted by molar-refractivity contribution is -0.178. The molecule has 1 N–H and O–H groups in total. The zero-order valence-corrected chi connectivity index (χ0v) is 13.6. The second kappa shape index (κ2) is 9.71. The highest BCUT2D eigenvalue weighted by atomic mass is 32.2. The maximum Gasteiger partial charge on any atom is 0.212 e. The van der Waals surface area contributed by atoms with E-state index in [1.54, 1.807) is 0 Å². The van der Waals surface area contributed by atoms with Gasteiger partial charge in [0.15, 0.2) is 6.29 Å². The highest BCUT2D eigenvalue weighted by Gasteiger charge is 2.20. The summed E-state index contributed by atoms with van der Waals surface area (Å²) in [5.41, 5.74) is 0. The summed E-state index contributed by atoms with van der Waals surface area (Å²) in [5.74, 6) is 0.0664. The van der Waals surface area contributed by atoms with E-state index in [4.69, 9.17) is 9.47 Å². The molecule has 0 aliphatic carbocycles. The maximum atomic E-state index is 12.0. The fraction of sp³-hybridized carbons (Fsp3) is 1.00. The second-order valence-corrected chi connectivity index (χ2v) is 7.37. The van der Waals surface area contributed by atoms with Crippen molar-refractivity contribution in [3.05, 3.63) is 0 Å². The summed E-state index contributed by atoms with van der Waals surface area (Å²) in [6, 6.07) is 0.00467. The van der Waals surface area contributed by atoms with Gasteiger partial charge in [0.25, 0.3) is 0 Å². The summed E-state index contributed by atoms with van der Waals surface area (Å²) in [6.07, 6.45) is 6.49. The van der Waals surface area contributed by atoms with E-state index in [1.165, 1.54) is 19.3 Å². The van der Waals surface area contributed by atoms with Crippen molar-refractivity contribution in [2.24, 2.45) is 0 Å². The van der Waals surface area contributed by atoms with Crippen LogP contribution in [0.1, 0.15) is 58.8 Å². The van der Waals surface area contributed by atoms with E-state index in [1.807, 2.05) is 6.92 Å². The summed E-state index contributed by atoms with van der Waals surface area (Å²) in [4.78, 5) is 0. The van der Waals surface area contributed by atoms with Gasteiger partial charge in [-0.2, -0.15) is 0 Å². The molecule has 0 spiro atoms. The first-order valence-corrected chi connectivity index (χ1v) is 9.42. The molecule has 1 unspecified atom stereocenters. The largest absolute Gasteiger partial charge is 0.353 e. The molecule has 0 radical (unpaired) electrons. The van der Waals surface area contributed by atoms with Gasteiger partial charge in [-0.25, -0.2) is 13.1 Å². The van der Waals surface area contributed by atoms with Crippen LogP contribution >= 0.6 is 0 Å². The van der Waals surface area contributed by atoms with Crippen molar-refractivity contribution in [1.29, 1.82) is 0 Å². The summed E-state index contributed by atoms with van der Waals surface area (Å²) < 4.78 is 37.3. The number of hydrogen-bond acceptors (Lipinski definition) is 4. The Kier molecular flexibility index (Phi) is 8.68. The van der Waals surface area contributed by atoms with Crippen molar-refractivity contribution in [2.75, 3.05) is 19.0 Å². The fourth-order valence-electron chi connectivity index (χ4n) is 2.26. The molecule has 0 amide bonds. The van der Waals surface area contributed by atoms with Gasteiger partial charge in [0.2, 0.25) is 10.0 Å². The van der Waals surface area contributed by atoms with E-state index in [0.717, 1.165) is 19.3 Å². The summed E-state index contributed by atoms with van der Waals surface area (Å²) in [6.45, 7) is 5.41. The Hall–Kier alpha value is -0.170. The lowest BCUT2D eigenvalue weighted by atomic mass is 10.1. The van der Waals surface area contributed by atoms with Crippen molar-refractivity contribution in [1.82, 2.24) is 4.72 Å². The number of rotatable bonds is 10. The van der Waals surface area contributed by atoms with Crippen LogP contribution in [0, 0.1) is 0 Å². The van der Waals surface area contributed by atoms with E-state index >= 15 is 0 Å². The van der Waals surface area contributed by atoms with Gasteiger partial charge in [0.05, 0.1) is 19.0 Å². The molecule has 0 saturated carbocycles.